The van der Waals surface area contributed by atoms with Gasteiger partial charge in [0.25, 0.3) is 5.56 Å². The molecule has 1 rings (SSSR count). The standard InChI is InChI=1S/C11H19N3O/c1-3-5-12-7-10(2)8-14-9-13-6-4-11(14)15/h4,6,9-10,12H,3,5,7-8H2,1-2H3. The number of nitrogens with zero attached hydrogens (tertiary/aromatic N) is 2. The number of aromatic nitrogens is 2. The van der Waals surface area contributed by atoms with Crippen LogP contribution in [0.3, 0.4) is 0 Å². The lowest BCUT2D eigenvalue weighted by Crippen LogP contribution is -2.28. The average Bonchev–Trinajstić information content (AvgIpc) is 2.22. The molecule has 4 heteroatoms. The molecule has 1 unspecified atom stereocenters. The van der Waals surface area contributed by atoms with E-state index < -0.39 is 0 Å². The summed E-state index contributed by atoms with van der Waals surface area (Å²) >= 11 is 0. The lowest BCUT2D eigenvalue weighted by molar-refractivity contribution is 0.436. The van der Waals surface area contributed by atoms with Crippen LogP contribution in [0.2, 0.25) is 0 Å². The van der Waals surface area contributed by atoms with E-state index in [1.54, 1.807) is 10.9 Å². The highest BCUT2D eigenvalue weighted by molar-refractivity contribution is 4.82. The summed E-state index contributed by atoms with van der Waals surface area (Å²) in [6.45, 7) is 6.97. The van der Waals surface area contributed by atoms with Gasteiger partial charge in [-0.25, -0.2) is 4.98 Å². The van der Waals surface area contributed by atoms with Gasteiger partial charge in [-0.3, -0.25) is 9.36 Å². The van der Waals surface area contributed by atoms with Crippen LogP contribution in [-0.2, 0) is 6.54 Å². The smallest absolute Gasteiger partial charge is 0.253 e. The first kappa shape index (κ1) is 11.9. The first-order valence-electron chi connectivity index (χ1n) is 5.45. The van der Waals surface area contributed by atoms with Crippen LogP contribution in [0.5, 0.6) is 0 Å². The molecule has 4 nitrogen and oxygen atoms in total. The average molecular weight is 209 g/mol. The van der Waals surface area contributed by atoms with Crippen molar-refractivity contribution in [3.05, 3.63) is 28.9 Å². The Balaban J connectivity index is 2.41. The van der Waals surface area contributed by atoms with Crippen molar-refractivity contribution in [3.63, 3.8) is 0 Å². The van der Waals surface area contributed by atoms with E-state index in [4.69, 9.17) is 0 Å². The number of hydrogen-bond donors (Lipinski definition) is 1. The van der Waals surface area contributed by atoms with Crippen LogP contribution in [0.1, 0.15) is 20.3 Å². The van der Waals surface area contributed by atoms with E-state index in [9.17, 15) is 4.79 Å². The quantitative estimate of drug-likeness (QED) is 0.707. The monoisotopic (exact) mass is 209 g/mol. The molecule has 0 aromatic carbocycles. The van der Waals surface area contributed by atoms with E-state index in [0.29, 0.717) is 5.92 Å². The van der Waals surface area contributed by atoms with Crippen molar-refractivity contribution in [2.24, 2.45) is 5.92 Å². The maximum Gasteiger partial charge on any atom is 0.253 e. The van der Waals surface area contributed by atoms with Crippen LogP contribution < -0.4 is 10.9 Å². The van der Waals surface area contributed by atoms with Crippen molar-refractivity contribution >= 4 is 0 Å². The Hall–Kier alpha value is -1.16. The summed E-state index contributed by atoms with van der Waals surface area (Å²) in [5, 5.41) is 3.34. The SMILES string of the molecule is CCCNCC(C)Cn1cnccc1=O. The molecule has 0 aliphatic heterocycles. The predicted octanol–water partition coefficient (Wildman–Crippen LogP) is 0.879. The van der Waals surface area contributed by atoms with Gasteiger partial charge in [0, 0.05) is 18.8 Å². The van der Waals surface area contributed by atoms with Gasteiger partial charge >= 0.3 is 0 Å². The fraction of sp³-hybridized carbons (Fsp3) is 0.636. The van der Waals surface area contributed by atoms with E-state index in [-0.39, 0.29) is 5.56 Å². The molecule has 0 aliphatic carbocycles. The molecular formula is C11H19N3O. The second-order valence-electron chi connectivity index (χ2n) is 3.88. The van der Waals surface area contributed by atoms with Crippen molar-refractivity contribution in [2.45, 2.75) is 26.8 Å². The summed E-state index contributed by atoms with van der Waals surface area (Å²) in [7, 11) is 0. The molecule has 0 saturated carbocycles. The zero-order chi connectivity index (χ0) is 11.1. The summed E-state index contributed by atoms with van der Waals surface area (Å²) in [5.41, 5.74) is 0.0207. The molecule has 0 amide bonds. The molecular weight excluding hydrogens is 190 g/mol. The van der Waals surface area contributed by atoms with Gasteiger partial charge in [0.1, 0.15) is 0 Å². The highest BCUT2D eigenvalue weighted by atomic mass is 16.1. The van der Waals surface area contributed by atoms with E-state index >= 15 is 0 Å². The largest absolute Gasteiger partial charge is 0.316 e. The molecule has 0 aliphatic rings. The van der Waals surface area contributed by atoms with Crippen LogP contribution in [0, 0.1) is 5.92 Å². The zero-order valence-electron chi connectivity index (χ0n) is 9.44. The van der Waals surface area contributed by atoms with Crippen molar-refractivity contribution in [2.75, 3.05) is 13.1 Å². The van der Waals surface area contributed by atoms with Crippen LogP contribution in [-0.4, -0.2) is 22.6 Å². The fourth-order valence-electron chi connectivity index (χ4n) is 1.44. The number of nitrogens with one attached hydrogen (secondary N) is 1. The second-order valence-corrected chi connectivity index (χ2v) is 3.88. The Kier molecular flexibility index (Phi) is 5.04. The van der Waals surface area contributed by atoms with Crippen molar-refractivity contribution in [3.8, 4) is 0 Å². The topological polar surface area (TPSA) is 46.9 Å². The van der Waals surface area contributed by atoms with Crippen LogP contribution in [0.4, 0.5) is 0 Å². The summed E-state index contributed by atoms with van der Waals surface area (Å²) in [6.07, 6.45) is 4.26. The Morgan fingerprint density at radius 2 is 2.40 bits per heavy atom. The summed E-state index contributed by atoms with van der Waals surface area (Å²) in [4.78, 5) is 15.3. The molecule has 84 valence electrons. The summed E-state index contributed by atoms with van der Waals surface area (Å²) in [6, 6.07) is 1.49. The number of hydrogen-bond acceptors (Lipinski definition) is 3. The molecule has 1 aromatic rings. The third kappa shape index (κ3) is 4.25. The van der Waals surface area contributed by atoms with Gasteiger partial charge in [-0.2, -0.15) is 0 Å². The lowest BCUT2D eigenvalue weighted by Gasteiger charge is -2.13. The van der Waals surface area contributed by atoms with E-state index in [1.165, 1.54) is 12.3 Å². The minimum absolute atomic E-state index is 0.0207. The Morgan fingerprint density at radius 3 is 3.07 bits per heavy atom. The summed E-state index contributed by atoms with van der Waals surface area (Å²) in [5.74, 6) is 0.443. The van der Waals surface area contributed by atoms with Crippen molar-refractivity contribution in [1.29, 1.82) is 0 Å². The molecule has 1 aromatic heterocycles. The molecule has 1 heterocycles. The third-order valence-corrected chi connectivity index (χ3v) is 2.22. The van der Waals surface area contributed by atoms with Crippen LogP contribution in [0.25, 0.3) is 0 Å². The highest BCUT2D eigenvalue weighted by Gasteiger charge is 2.03. The van der Waals surface area contributed by atoms with Crippen molar-refractivity contribution in [1.82, 2.24) is 14.9 Å². The highest BCUT2D eigenvalue weighted by Crippen LogP contribution is 1.95. The normalized spacial score (nSPS) is 12.7. The zero-order valence-corrected chi connectivity index (χ0v) is 9.44. The first-order chi connectivity index (χ1) is 7.24. The van der Waals surface area contributed by atoms with Gasteiger partial charge in [0.15, 0.2) is 0 Å². The summed E-state index contributed by atoms with van der Waals surface area (Å²) < 4.78 is 1.65. The third-order valence-electron chi connectivity index (χ3n) is 2.22. The lowest BCUT2D eigenvalue weighted by atomic mass is 10.2. The fourth-order valence-corrected chi connectivity index (χ4v) is 1.44. The van der Waals surface area contributed by atoms with Gasteiger partial charge < -0.3 is 5.32 Å². The molecule has 0 saturated heterocycles. The van der Waals surface area contributed by atoms with Crippen molar-refractivity contribution < 1.29 is 0 Å². The second kappa shape index (κ2) is 6.35. The molecule has 1 N–H and O–H groups in total. The van der Waals surface area contributed by atoms with Gasteiger partial charge in [-0.15, -0.1) is 0 Å². The van der Waals surface area contributed by atoms with E-state index in [2.05, 4.69) is 24.1 Å². The predicted molar refractivity (Wildman–Crippen MR) is 60.8 cm³/mol. The van der Waals surface area contributed by atoms with Gasteiger partial charge in [-0.1, -0.05) is 13.8 Å². The first-order valence-corrected chi connectivity index (χ1v) is 5.45. The van der Waals surface area contributed by atoms with Crippen LogP contribution in [0.15, 0.2) is 23.4 Å². The molecule has 0 radical (unpaired) electrons. The molecule has 1 atom stereocenters. The minimum Gasteiger partial charge on any atom is -0.316 e. The number of rotatable bonds is 6. The van der Waals surface area contributed by atoms with Crippen LogP contribution >= 0.6 is 0 Å². The molecule has 0 fully saturated rings. The van der Waals surface area contributed by atoms with Gasteiger partial charge in [0.2, 0.25) is 0 Å². The maximum atomic E-state index is 11.4. The molecule has 0 bridgehead atoms. The van der Waals surface area contributed by atoms with E-state index in [0.717, 1.165) is 26.1 Å². The Bertz CT molecular complexity index is 335. The van der Waals surface area contributed by atoms with E-state index in [1.807, 2.05) is 0 Å². The molecule has 15 heavy (non-hydrogen) atoms. The minimum atomic E-state index is 0.0207. The Morgan fingerprint density at radius 1 is 1.60 bits per heavy atom. The maximum absolute atomic E-state index is 11.4. The Labute approximate surface area is 90.3 Å². The molecule has 0 spiro atoms. The van der Waals surface area contributed by atoms with Gasteiger partial charge in [-0.05, 0) is 25.4 Å². The van der Waals surface area contributed by atoms with Gasteiger partial charge in [0.05, 0.1) is 6.33 Å².